The van der Waals surface area contributed by atoms with Crippen LogP contribution < -0.4 is 5.32 Å². The summed E-state index contributed by atoms with van der Waals surface area (Å²) in [5, 5.41) is 93.8. The number of hydrogen-bond acceptors (Lipinski definition) is 15. The zero-order valence-electron chi connectivity index (χ0n) is 19.5. The number of aliphatic hydroxyl groups is 9. The van der Waals surface area contributed by atoms with Gasteiger partial charge in [0.05, 0.1) is 19.3 Å². The fourth-order valence-corrected chi connectivity index (χ4v) is 4.38. The lowest BCUT2D eigenvalue weighted by atomic mass is 9.95. The van der Waals surface area contributed by atoms with E-state index in [1.165, 1.54) is 6.92 Å². The Morgan fingerprint density at radius 3 is 1.89 bits per heavy atom. The number of rotatable bonds is 7. The number of carbonyl (C=O) groups excluding carboxylic acids is 1. The highest BCUT2D eigenvalue weighted by Gasteiger charge is 2.53. The van der Waals surface area contributed by atoms with E-state index in [2.05, 4.69) is 5.32 Å². The predicted molar refractivity (Wildman–Crippen MR) is 111 cm³/mol. The van der Waals surface area contributed by atoms with Crippen molar-refractivity contribution < 1.29 is 74.4 Å². The molecule has 3 fully saturated rings. The maximum Gasteiger partial charge on any atom is 0.217 e. The Bertz CT molecular complexity index is 731. The zero-order valence-corrected chi connectivity index (χ0v) is 19.5. The first-order valence-corrected chi connectivity index (χ1v) is 11.4. The first kappa shape index (κ1) is 29.5. The van der Waals surface area contributed by atoms with E-state index in [-0.39, 0.29) is 0 Å². The third-order valence-corrected chi connectivity index (χ3v) is 6.46. The lowest BCUT2D eigenvalue weighted by Crippen LogP contribution is -2.68. The first-order valence-electron chi connectivity index (χ1n) is 11.4. The molecule has 16 nitrogen and oxygen atoms in total. The molecule has 0 bridgehead atoms. The summed E-state index contributed by atoms with van der Waals surface area (Å²) in [7, 11) is 0. The summed E-state index contributed by atoms with van der Waals surface area (Å²) in [5.41, 5.74) is 0. The minimum atomic E-state index is -1.83. The smallest absolute Gasteiger partial charge is 0.217 e. The average Bonchev–Trinajstić information content (AvgIpc) is 2.83. The van der Waals surface area contributed by atoms with E-state index in [0.29, 0.717) is 0 Å². The average molecular weight is 529 g/mol. The van der Waals surface area contributed by atoms with Gasteiger partial charge in [0, 0.05) is 6.92 Å². The summed E-state index contributed by atoms with van der Waals surface area (Å²) in [6, 6.07) is -1.39. The normalized spacial score (nSPS) is 50.0. The molecule has 0 spiro atoms. The van der Waals surface area contributed by atoms with Crippen molar-refractivity contribution in [1.29, 1.82) is 0 Å². The Morgan fingerprint density at radius 1 is 0.722 bits per heavy atom. The lowest BCUT2D eigenvalue weighted by Gasteiger charge is -2.48. The summed E-state index contributed by atoms with van der Waals surface area (Å²) in [6.45, 7) is 1.00. The molecular formula is C20H35NO15. The molecule has 210 valence electrons. The van der Waals surface area contributed by atoms with Crippen LogP contribution in [0.3, 0.4) is 0 Å². The molecule has 3 aliphatic heterocycles. The largest absolute Gasteiger partial charge is 0.394 e. The van der Waals surface area contributed by atoms with Crippen molar-refractivity contribution in [3.05, 3.63) is 0 Å². The Kier molecular flexibility index (Phi) is 9.97. The highest BCUT2D eigenvalue weighted by Crippen LogP contribution is 2.32. The van der Waals surface area contributed by atoms with E-state index in [1.54, 1.807) is 0 Å². The van der Waals surface area contributed by atoms with Gasteiger partial charge in [-0.25, -0.2) is 0 Å². The minimum Gasteiger partial charge on any atom is -0.394 e. The van der Waals surface area contributed by atoms with Crippen LogP contribution in [0.1, 0.15) is 13.8 Å². The Morgan fingerprint density at radius 2 is 1.31 bits per heavy atom. The highest BCUT2D eigenvalue weighted by molar-refractivity contribution is 5.73. The number of nitrogens with one attached hydrogen (secondary N) is 1. The second-order valence-corrected chi connectivity index (χ2v) is 9.05. The van der Waals surface area contributed by atoms with Crippen molar-refractivity contribution in [3.63, 3.8) is 0 Å². The summed E-state index contributed by atoms with van der Waals surface area (Å²) in [5.74, 6) is -0.632. The molecular weight excluding hydrogens is 494 g/mol. The van der Waals surface area contributed by atoms with Crippen LogP contribution in [0.5, 0.6) is 0 Å². The van der Waals surface area contributed by atoms with Gasteiger partial charge >= 0.3 is 0 Å². The molecule has 1 amide bonds. The van der Waals surface area contributed by atoms with Crippen LogP contribution in [0.25, 0.3) is 0 Å². The summed E-state index contributed by atoms with van der Waals surface area (Å²) >= 11 is 0. The molecule has 10 N–H and O–H groups in total. The molecule has 3 heterocycles. The first-order chi connectivity index (χ1) is 16.9. The molecule has 0 aromatic carbocycles. The maximum atomic E-state index is 11.7. The van der Waals surface area contributed by atoms with Crippen molar-refractivity contribution >= 4 is 5.91 Å². The van der Waals surface area contributed by atoms with E-state index < -0.39 is 111 Å². The third-order valence-electron chi connectivity index (χ3n) is 6.46. The molecule has 0 aromatic rings. The van der Waals surface area contributed by atoms with Crippen LogP contribution in [0.15, 0.2) is 0 Å². The van der Waals surface area contributed by atoms with Gasteiger partial charge in [0.25, 0.3) is 0 Å². The van der Waals surface area contributed by atoms with Gasteiger partial charge < -0.3 is 75.0 Å². The quantitative estimate of drug-likeness (QED) is 0.147. The Labute approximate surface area is 205 Å². The summed E-state index contributed by atoms with van der Waals surface area (Å²) in [4.78, 5) is 11.7. The third kappa shape index (κ3) is 5.97. The molecule has 3 aliphatic rings. The monoisotopic (exact) mass is 529 g/mol. The molecule has 36 heavy (non-hydrogen) atoms. The fourth-order valence-electron chi connectivity index (χ4n) is 4.38. The van der Waals surface area contributed by atoms with Crippen molar-refractivity contribution in [2.24, 2.45) is 0 Å². The highest BCUT2D eigenvalue weighted by atomic mass is 16.8. The summed E-state index contributed by atoms with van der Waals surface area (Å²) < 4.78 is 27.4. The van der Waals surface area contributed by atoms with Gasteiger partial charge in [0.15, 0.2) is 18.9 Å². The minimum absolute atomic E-state index is 0.632. The number of ether oxygens (including phenoxy) is 5. The van der Waals surface area contributed by atoms with Gasteiger partial charge in [-0.1, -0.05) is 0 Å². The van der Waals surface area contributed by atoms with Crippen LogP contribution in [-0.2, 0) is 28.5 Å². The van der Waals surface area contributed by atoms with Crippen molar-refractivity contribution in [2.75, 3.05) is 13.2 Å². The van der Waals surface area contributed by atoms with E-state index in [4.69, 9.17) is 23.7 Å². The SMILES string of the molecule is CC(=O)N[C@@H]1[C@@H](O[C@H]2O[C@H](CO)[C@H](O)[C@H](O)[C@H]2O[C@@H]2O[C@@H](C)[C@H](O)[C@@H](O)[C@H]2O)[C@@H](O)[C@@H](CO)O[C@H]1O. The van der Waals surface area contributed by atoms with E-state index in [9.17, 15) is 50.8 Å². The van der Waals surface area contributed by atoms with Gasteiger partial charge in [0.2, 0.25) is 5.91 Å². The number of amides is 1. The van der Waals surface area contributed by atoms with Crippen molar-refractivity contribution in [3.8, 4) is 0 Å². The lowest BCUT2D eigenvalue weighted by molar-refractivity contribution is -0.380. The molecule has 16 heteroatoms. The fraction of sp³-hybridized carbons (Fsp3) is 0.950. The van der Waals surface area contributed by atoms with Crippen LogP contribution >= 0.6 is 0 Å². The van der Waals surface area contributed by atoms with Crippen LogP contribution in [0.2, 0.25) is 0 Å². The molecule has 0 saturated carbocycles. The second kappa shape index (κ2) is 12.2. The van der Waals surface area contributed by atoms with Gasteiger partial charge in [-0.3, -0.25) is 4.79 Å². The molecule has 15 atom stereocenters. The van der Waals surface area contributed by atoms with Crippen LogP contribution in [-0.4, -0.2) is 157 Å². The Balaban J connectivity index is 1.89. The second-order valence-electron chi connectivity index (χ2n) is 9.05. The number of aliphatic hydroxyl groups excluding tert-OH is 9. The molecule has 0 radical (unpaired) electrons. The maximum absolute atomic E-state index is 11.7. The van der Waals surface area contributed by atoms with Gasteiger partial charge in [-0.05, 0) is 6.92 Å². The summed E-state index contributed by atoms with van der Waals surface area (Å²) in [6.07, 6.45) is -22.2. The molecule has 3 saturated heterocycles. The molecule has 0 aliphatic carbocycles. The molecule has 0 aromatic heterocycles. The van der Waals surface area contributed by atoms with Gasteiger partial charge in [-0.15, -0.1) is 0 Å². The van der Waals surface area contributed by atoms with Crippen LogP contribution in [0.4, 0.5) is 0 Å². The molecule has 0 unspecified atom stereocenters. The van der Waals surface area contributed by atoms with Gasteiger partial charge in [0.1, 0.15) is 67.1 Å². The standard InChI is InChI=1S/C20H35NO15/c1-5-10(25)13(28)15(30)19(32-5)36-17-14(29)11(26)7(3-22)34-20(17)35-16-9(21-6(2)24)18(31)33-8(4-23)12(16)27/h5,7-20,22-23,25-31H,3-4H2,1-2H3,(H,21,24)/t5-,7+,8+,9+,10-,11-,12-,13+,14-,15+,16+,17+,18+,19-,20+/m0/s1. The predicted octanol–water partition coefficient (Wildman–Crippen LogP) is -6.40. The van der Waals surface area contributed by atoms with E-state index in [0.717, 1.165) is 6.92 Å². The topological polar surface area (TPSA) is 257 Å². The van der Waals surface area contributed by atoms with E-state index >= 15 is 0 Å². The number of hydrogen-bond donors (Lipinski definition) is 10. The zero-order chi connectivity index (χ0) is 26.9. The van der Waals surface area contributed by atoms with Crippen molar-refractivity contribution in [1.82, 2.24) is 5.32 Å². The van der Waals surface area contributed by atoms with Crippen LogP contribution in [0, 0.1) is 0 Å². The Hall–Kier alpha value is -1.09. The van der Waals surface area contributed by atoms with Gasteiger partial charge in [-0.2, -0.15) is 0 Å². The van der Waals surface area contributed by atoms with Crippen molar-refractivity contribution in [2.45, 2.75) is 106 Å². The molecule has 3 rings (SSSR count). The number of carbonyl (C=O) groups is 1. The van der Waals surface area contributed by atoms with E-state index in [1.807, 2.05) is 0 Å².